The molecule has 1 aliphatic rings. The van der Waals surface area contributed by atoms with Crippen LogP contribution in [0.2, 0.25) is 0 Å². The van der Waals surface area contributed by atoms with E-state index in [9.17, 15) is 0 Å². The normalized spacial score (nSPS) is 17.6. The average molecular weight is 255 g/mol. The molecule has 0 atom stereocenters. The van der Waals surface area contributed by atoms with Crippen molar-refractivity contribution in [3.8, 4) is 6.07 Å². The highest BCUT2D eigenvalue weighted by atomic mass is 15.2. The monoisotopic (exact) mass is 255 g/mol. The zero-order chi connectivity index (χ0) is 13.5. The van der Waals surface area contributed by atoms with Gasteiger partial charge in [-0.15, -0.1) is 6.58 Å². The molecule has 0 N–H and O–H groups in total. The van der Waals surface area contributed by atoms with Gasteiger partial charge in [-0.1, -0.05) is 18.2 Å². The zero-order valence-corrected chi connectivity index (χ0v) is 11.4. The van der Waals surface area contributed by atoms with E-state index in [2.05, 4.69) is 34.6 Å². The van der Waals surface area contributed by atoms with Crippen molar-refractivity contribution in [1.82, 2.24) is 9.80 Å². The molecule has 1 fully saturated rings. The Morgan fingerprint density at radius 3 is 2.47 bits per heavy atom. The van der Waals surface area contributed by atoms with Gasteiger partial charge in [-0.05, 0) is 37.2 Å². The summed E-state index contributed by atoms with van der Waals surface area (Å²) in [5.74, 6) is 0. The van der Waals surface area contributed by atoms with Crippen LogP contribution in [0.4, 0.5) is 0 Å². The van der Waals surface area contributed by atoms with Gasteiger partial charge in [-0.25, -0.2) is 0 Å². The molecule has 2 rings (SSSR count). The van der Waals surface area contributed by atoms with Crippen LogP contribution in [0, 0.1) is 11.3 Å². The van der Waals surface area contributed by atoms with Gasteiger partial charge in [0.2, 0.25) is 0 Å². The average Bonchev–Trinajstić information content (AvgIpc) is 2.66. The summed E-state index contributed by atoms with van der Waals surface area (Å²) in [6, 6.07) is 10.1. The van der Waals surface area contributed by atoms with E-state index in [1.54, 1.807) is 0 Å². The smallest absolute Gasteiger partial charge is 0.0991 e. The Morgan fingerprint density at radius 2 is 1.79 bits per heavy atom. The molecule has 0 unspecified atom stereocenters. The summed E-state index contributed by atoms with van der Waals surface area (Å²) in [5, 5.41) is 8.79. The molecule has 1 heterocycles. The first-order valence-electron chi connectivity index (χ1n) is 6.86. The highest BCUT2D eigenvalue weighted by Gasteiger charge is 2.13. The minimum absolute atomic E-state index is 0.733. The molecule has 0 spiro atoms. The van der Waals surface area contributed by atoms with Crippen molar-refractivity contribution < 1.29 is 0 Å². The molecule has 0 aromatic heterocycles. The predicted octanol–water partition coefficient (Wildman–Crippen LogP) is 2.25. The van der Waals surface area contributed by atoms with Crippen molar-refractivity contribution in [3.05, 3.63) is 48.0 Å². The molecular formula is C16H21N3. The summed E-state index contributed by atoms with van der Waals surface area (Å²) in [6.07, 6.45) is 3.19. The molecule has 19 heavy (non-hydrogen) atoms. The number of benzene rings is 1. The number of hydrogen-bond acceptors (Lipinski definition) is 3. The van der Waals surface area contributed by atoms with Crippen LogP contribution < -0.4 is 0 Å². The third kappa shape index (κ3) is 4.20. The third-order valence-electron chi connectivity index (χ3n) is 3.56. The van der Waals surface area contributed by atoms with Gasteiger partial charge in [0, 0.05) is 26.2 Å². The van der Waals surface area contributed by atoms with E-state index in [1.807, 2.05) is 18.2 Å². The lowest BCUT2D eigenvalue weighted by Crippen LogP contribution is -2.30. The minimum Gasteiger partial charge on any atom is -0.298 e. The highest BCUT2D eigenvalue weighted by molar-refractivity contribution is 5.31. The fourth-order valence-electron chi connectivity index (χ4n) is 2.49. The molecule has 0 saturated carbocycles. The van der Waals surface area contributed by atoms with Crippen molar-refractivity contribution in [2.24, 2.45) is 0 Å². The number of hydrogen-bond donors (Lipinski definition) is 0. The molecule has 0 bridgehead atoms. The van der Waals surface area contributed by atoms with E-state index in [1.165, 1.54) is 12.0 Å². The summed E-state index contributed by atoms with van der Waals surface area (Å²) < 4.78 is 0. The van der Waals surface area contributed by atoms with Gasteiger partial charge < -0.3 is 0 Å². The molecule has 0 radical (unpaired) electrons. The molecule has 1 aromatic carbocycles. The Morgan fingerprint density at radius 1 is 1.11 bits per heavy atom. The van der Waals surface area contributed by atoms with Crippen LogP contribution in [0.25, 0.3) is 0 Å². The van der Waals surface area contributed by atoms with Crippen LogP contribution in [0.15, 0.2) is 36.9 Å². The van der Waals surface area contributed by atoms with Crippen molar-refractivity contribution in [2.75, 3.05) is 32.7 Å². The first kappa shape index (κ1) is 13.8. The van der Waals surface area contributed by atoms with Crippen LogP contribution in [0.5, 0.6) is 0 Å². The largest absolute Gasteiger partial charge is 0.298 e. The van der Waals surface area contributed by atoms with Crippen LogP contribution in [-0.4, -0.2) is 42.5 Å². The van der Waals surface area contributed by atoms with Gasteiger partial charge >= 0.3 is 0 Å². The van der Waals surface area contributed by atoms with Gasteiger partial charge in [0.25, 0.3) is 0 Å². The molecule has 3 nitrogen and oxygen atoms in total. The fraction of sp³-hybridized carbons (Fsp3) is 0.438. The van der Waals surface area contributed by atoms with Gasteiger partial charge in [0.1, 0.15) is 0 Å². The Kier molecular flexibility index (Phi) is 5.14. The summed E-state index contributed by atoms with van der Waals surface area (Å²) in [4.78, 5) is 4.94. The SMILES string of the molecule is C=CCN1CCCN(Cc2ccc(C#N)cc2)CC1. The van der Waals surface area contributed by atoms with E-state index < -0.39 is 0 Å². The zero-order valence-electron chi connectivity index (χ0n) is 11.4. The Balaban J connectivity index is 1.88. The van der Waals surface area contributed by atoms with Gasteiger partial charge in [-0.2, -0.15) is 5.26 Å². The fourth-order valence-corrected chi connectivity index (χ4v) is 2.49. The first-order valence-corrected chi connectivity index (χ1v) is 6.86. The second-order valence-corrected chi connectivity index (χ2v) is 5.03. The van der Waals surface area contributed by atoms with E-state index in [-0.39, 0.29) is 0 Å². The number of nitriles is 1. The molecule has 0 amide bonds. The number of nitrogens with zero attached hydrogens (tertiary/aromatic N) is 3. The molecule has 1 saturated heterocycles. The van der Waals surface area contributed by atoms with Crippen LogP contribution in [0.1, 0.15) is 17.5 Å². The van der Waals surface area contributed by atoms with Crippen LogP contribution in [-0.2, 0) is 6.54 Å². The molecular weight excluding hydrogens is 234 g/mol. The van der Waals surface area contributed by atoms with Crippen LogP contribution in [0.3, 0.4) is 0 Å². The van der Waals surface area contributed by atoms with Crippen molar-refractivity contribution in [1.29, 1.82) is 5.26 Å². The maximum Gasteiger partial charge on any atom is 0.0991 e. The van der Waals surface area contributed by atoms with Crippen molar-refractivity contribution >= 4 is 0 Å². The standard InChI is InChI=1S/C16H21N3/c1-2-8-18-9-3-10-19(12-11-18)14-16-6-4-15(13-17)5-7-16/h2,4-7H,1,3,8-12,14H2. The quantitative estimate of drug-likeness (QED) is 0.773. The molecule has 1 aliphatic heterocycles. The predicted molar refractivity (Wildman–Crippen MR) is 77.7 cm³/mol. The lowest BCUT2D eigenvalue weighted by molar-refractivity contribution is 0.262. The Hall–Kier alpha value is -1.63. The van der Waals surface area contributed by atoms with Crippen molar-refractivity contribution in [3.63, 3.8) is 0 Å². The number of rotatable bonds is 4. The van der Waals surface area contributed by atoms with Gasteiger partial charge in [0.05, 0.1) is 11.6 Å². The van der Waals surface area contributed by atoms with Crippen LogP contribution >= 0.6 is 0 Å². The summed E-state index contributed by atoms with van der Waals surface area (Å²) in [7, 11) is 0. The lowest BCUT2D eigenvalue weighted by Gasteiger charge is -2.21. The van der Waals surface area contributed by atoms with E-state index in [0.717, 1.165) is 44.8 Å². The van der Waals surface area contributed by atoms with E-state index >= 15 is 0 Å². The third-order valence-corrected chi connectivity index (χ3v) is 3.56. The first-order chi connectivity index (χ1) is 9.31. The topological polar surface area (TPSA) is 30.3 Å². The summed E-state index contributed by atoms with van der Waals surface area (Å²) >= 11 is 0. The maximum absolute atomic E-state index is 8.79. The summed E-state index contributed by atoms with van der Waals surface area (Å²) in [5.41, 5.74) is 2.02. The molecule has 100 valence electrons. The Labute approximate surface area is 115 Å². The lowest BCUT2D eigenvalue weighted by atomic mass is 10.1. The highest BCUT2D eigenvalue weighted by Crippen LogP contribution is 2.10. The van der Waals surface area contributed by atoms with Crippen molar-refractivity contribution in [2.45, 2.75) is 13.0 Å². The van der Waals surface area contributed by atoms with Gasteiger partial charge in [0.15, 0.2) is 0 Å². The van der Waals surface area contributed by atoms with Gasteiger partial charge in [-0.3, -0.25) is 9.80 Å². The summed E-state index contributed by atoms with van der Waals surface area (Å²) in [6.45, 7) is 10.3. The Bertz CT molecular complexity index is 444. The molecule has 1 aromatic rings. The molecule has 0 aliphatic carbocycles. The molecule has 3 heteroatoms. The minimum atomic E-state index is 0.733. The van der Waals surface area contributed by atoms with E-state index in [0.29, 0.717) is 0 Å². The second kappa shape index (κ2) is 7.08. The van der Waals surface area contributed by atoms with E-state index in [4.69, 9.17) is 5.26 Å². The second-order valence-electron chi connectivity index (χ2n) is 5.03. The maximum atomic E-state index is 8.79.